The van der Waals surface area contributed by atoms with Crippen LogP contribution in [0, 0.1) is 0 Å². The third-order valence-electron chi connectivity index (χ3n) is 1.80. The zero-order valence-corrected chi connectivity index (χ0v) is 12.2. The Balaban J connectivity index is 2.29. The van der Waals surface area contributed by atoms with Gasteiger partial charge in [-0.25, -0.2) is 13.4 Å². The molecule has 0 aliphatic carbocycles. The van der Waals surface area contributed by atoms with Crippen LogP contribution in [0.1, 0.15) is 0 Å². The molecule has 0 unspecified atom stereocenters. The largest absolute Gasteiger partial charge is 0.279 e. The lowest BCUT2D eigenvalue weighted by Crippen LogP contribution is -2.11. The van der Waals surface area contributed by atoms with E-state index < -0.39 is 10.0 Å². The van der Waals surface area contributed by atoms with Gasteiger partial charge in [-0.05, 0) is 18.2 Å². The topological polar surface area (TPSA) is 59.1 Å². The third-order valence-corrected chi connectivity index (χ3v) is 5.25. The maximum Gasteiger partial charge on any atom is 0.273 e. The molecule has 0 saturated carbocycles. The fraction of sp³-hybridized carbons (Fsp3) is 0. The van der Waals surface area contributed by atoms with Crippen molar-refractivity contribution in [2.75, 3.05) is 4.72 Å². The number of sulfonamides is 1. The Morgan fingerprint density at radius 1 is 1.41 bits per heavy atom. The maximum atomic E-state index is 11.9. The fourth-order valence-corrected chi connectivity index (χ4v) is 3.86. The van der Waals surface area contributed by atoms with Gasteiger partial charge < -0.3 is 0 Å². The minimum Gasteiger partial charge on any atom is -0.279 e. The summed E-state index contributed by atoms with van der Waals surface area (Å²) in [7, 11) is -3.61. The highest BCUT2D eigenvalue weighted by Gasteiger charge is 2.17. The molecule has 0 aliphatic heterocycles. The van der Waals surface area contributed by atoms with E-state index in [2.05, 4.69) is 25.6 Å². The van der Waals surface area contributed by atoms with Crippen LogP contribution >= 0.6 is 38.9 Å². The molecule has 2 aromatic rings. The molecule has 0 bridgehead atoms. The third kappa shape index (κ3) is 3.19. The predicted molar refractivity (Wildman–Crippen MR) is 72.1 cm³/mol. The van der Waals surface area contributed by atoms with Crippen molar-refractivity contribution >= 4 is 54.6 Å². The van der Waals surface area contributed by atoms with Gasteiger partial charge in [0.05, 0.1) is 6.20 Å². The van der Waals surface area contributed by atoms with Crippen molar-refractivity contribution < 1.29 is 8.42 Å². The Labute approximate surface area is 116 Å². The van der Waals surface area contributed by atoms with E-state index in [9.17, 15) is 8.42 Å². The van der Waals surface area contributed by atoms with E-state index in [1.165, 1.54) is 6.20 Å². The molecule has 0 radical (unpaired) electrons. The second-order valence-electron chi connectivity index (χ2n) is 3.05. The van der Waals surface area contributed by atoms with Crippen molar-refractivity contribution in [1.82, 2.24) is 4.98 Å². The highest BCUT2D eigenvalue weighted by atomic mass is 79.9. The van der Waals surface area contributed by atoms with E-state index in [1.54, 1.807) is 24.3 Å². The van der Waals surface area contributed by atoms with Gasteiger partial charge in [0.15, 0.2) is 8.68 Å². The Bertz CT molecular complexity index is 642. The van der Waals surface area contributed by atoms with Crippen molar-refractivity contribution in [3.8, 4) is 0 Å². The van der Waals surface area contributed by atoms with Gasteiger partial charge in [0, 0.05) is 10.2 Å². The molecule has 0 fully saturated rings. The summed E-state index contributed by atoms with van der Waals surface area (Å²) in [6.07, 6.45) is 1.23. The zero-order valence-electron chi connectivity index (χ0n) is 8.22. The summed E-state index contributed by atoms with van der Waals surface area (Å²) in [6, 6.07) is 6.87. The molecule has 0 amide bonds. The molecule has 1 heterocycles. The van der Waals surface area contributed by atoms with E-state index in [0.29, 0.717) is 5.69 Å². The molecule has 2 rings (SSSR count). The summed E-state index contributed by atoms with van der Waals surface area (Å²) in [5, 5.41) is 0. The number of halogens is 2. The van der Waals surface area contributed by atoms with Crippen LogP contribution in [0.4, 0.5) is 5.69 Å². The average Bonchev–Trinajstić information content (AvgIpc) is 2.65. The SMILES string of the molecule is O=S(=O)(Nc1cccc(Br)c1)c1cnc(Cl)s1. The van der Waals surface area contributed by atoms with Crippen LogP contribution in [0.3, 0.4) is 0 Å². The first kappa shape index (κ1) is 12.8. The minimum absolute atomic E-state index is 0.0856. The summed E-state index contributed by atoms with van der Waals surface area (Å²) >= 11 is 9.78. The fourth-order valence-electron chi connectivity index (χ4n) is 1.12. The molecule has 0 saturated heterocycles. The van der Waals surface area contributed by atoms with Crippen molar-refractivity contribution in [3.63, 3.8) is 0 Å². The summed E-state index contributed by atoms with van der Waals surface area (Å²) in [6.45, 7) is 0. The number of nitrogens with one attached hydrogen (secondary N) is 1. The number of hydrogen-bond acceptors (Lipinski definition) is 4. The van der Waals surface area contributed by atoms with Gasteiger partial charge in [-0.15, -0.1) is 0 Å². The van der Waals surface area contributed by atoms with E-state index in [-0.39, 0.29) is 8.68 Å². The molecule has 0 spiro atoms. The Morgan fingerprint density at radius 3 is 2.76 bits per heavy atom. The van der Waals surface area contributed by atoms with Gasteiger partial charge in [-0.2, -0.15) is 0 Å². The van der Waals surface area contributed by atoms with Crippen LogP contribution < -0.4 is 4.72 Å². The lowest BCUT2D eigenvalue weighted by atomic mass is 10.3. The van der Waals surface area contributed by atoms with Gasteiger partial charge in [0.2, 0.25) is 0 Å². The average molecular weight is 354 g/mol. The smallest absolute Gasteiger partial charge is 0.273 e. The number of anilines is 1. The van der Waals surface area contributed by atoms with Gasteiger partial charge in [0.25, 0.3) is 10.0 Å². The van der Waals surface area contributed by atoms with Crippen molar-refractivity contribution in [3.05, 3.63) is 39.4 Å². The molecule has 90 valence electrons. The molecule has 4 nitrogen and oxygen atoms in total. The maximum absolute atomic E-state index is 11.9. The van der Waals surface area contributed by atoms with E-state index in [4.69, 9.17) is 11.6 Å². The van der Waals surface area contributed by atoms with E-state index >= 15 is 0 Å². The standard InChI is InChI=1S/C9H6BrClN2O2S2/c10-6-2-1-3-7(4-6)13-17(14,15)8-5-12-9(11)16-8/h1-5,13H. The van der Waals surface area contributed by atoms with Gasteiger partial charge in [-0.1, -0.05) is 44.9 Å². The summed E-state index contributed by atoms with van der Waals surface area (Å²) in [5.74, 6) is 0. The van der Waals surface area contributed by atoms with Crippen molar-refractivity contribution in [1.29, 1.82) is 0 Å². The first-order valence-electron chi connectivity index (χ1n) is 4.37. The molecular formula is C9H6BrClN2O2S2. The van der Waals surface area contributed by atoms with Crippen molar-refractivity contribution in [2.45, 2.75) is 4.21 Å². The number of rotatable bonds is 3. The van der Waals surface area contributed by atoms with E-state index in [0.717, 1.165) is 15.8 Å². The molecule has 0 atom stereocenters. The summed E-state index contributed by atoms with van der Waals surface area (Å²) in [5.41, 5.74) is 0.476. The van der Waals surface area contributed by atoms with Crippen LogP contribution in [-0.2, 0) is 10.0 Å². The number of nitrogens with zero attached hydrogens (tertiary/aromatic N) is 1. The first-order chi connectivity index (χ1) is 7.97. The Kier molecular flexibility index (Phi) is 3.72. The van der Waals surface area contributed by atoms with Crippen LogP contribution in [0.2, 0.25) is 4.47 Å². The van der Waals surface area contributed by atoms with Crippen LogP contribution in [-0.4, -0.2) is 13.4 Å². The quantitative estimate of drug-likeness (QED) is 0.920. The highest BCUT2D eigenvalue weighted by Crippen LogP contribution is 2.25. The Hall–Kier alpha value is -0.630. The zero-order chi connectivity index (χ0) is 12.5. The number of benzene rings is 1. The second kappa shape index (κ2) is 4.93. The van der Waals surface area contributed by atoms with Gasteiger partial charge in [0.1, 0.15) is 0 Å². The van der Waals surface area contributed by atoms with Gasteiger partial charge in [-0.3, -0.25) is 4.72 Å². The summed E-state index contributed by atoms with van der Waals surface area (Å²) in [4.78, 5) is 3.70. The molecule has 1 aromatic carbocycles. The van der Waals surface area contributed by atoms with E-state index in [1.807, 2.05) is 0 Å². The highest BCUT2D eigenvalue weighted by molar-refractivity contribution is 9.10. The first-order valence-corrected chi connectivity index (χ1v) is 7.84. The predicted octanol–water partition coefficient (Wildman–Crippen LogP) is 3.36. The molecular weight excluding hydrogens is 348 g/mol. The lowest BCUT2D eigenvalue weighted by Gasteiger charge is -2.05. The van der Waals surface area contributed by atoms with Crippen molar-refractivity contribution in [2.24, 2.45) is 0 Å². The summed E-state index contributed by atoms with van der Waals surface area (Å²) < 4.78 is 27.3. The van der Waals surface area contributed by atoms with Crippen LogP contribution in [0.5, 0.6) is 0 Å². The van der Waals surface area contributed by atoms with Crippen LogP contribution in [0.15, 0.2) is 39.1 Å². The molecule has 1 N–H and O–H groups in total. The van der Waals surface area contributed by atoms with Gasteiger partial charge >= 0.3 is 0 Å². The molecule has 1 aromatic heterocycles. The normalized spacial score (nSPS) is 11.4. The second-order valence-corrected chi connectivity index (χ2v) is 7.49. The minimum atomic E-state index is -3.61. The molecule has 8 heteroatoms. The molecule has 17 heavy (non-hydrogen) atoms. The monoisotopic (exact) mass is 352 g/mol. The number of hydrogen-bond donors (Lipinski definition) is 1. The molecule has 0 aliphatic rings. The number of thiazole rings is 1. The Morgan fingerprint density at radius 2 is 2.18 bits per heavy atom. The number of aromatic nitrogens is 1. The lowest BCUT2D eigenvalue weighted by molar-refractivity contribution is 0.603. The van der Waals surface area contributed by atoms with Crippen LogP contribution in [0.25, 0.3) is 0 Å².